The second kappa shape index (κ2) is 7.67. The summed E-state index contributed by atoms with van der Waals surface area (Å²) in [7, 11) is 0. The molecule has 8 heteroatoms. The van der Waals surface area contributed by atoms with Crippen molar-refractivity contribution in [2.75, 3.05) is 4.72 Å². The third-order valence-corrected chi connectivity index (χ3v) is 3.80. The number of hydrogen-bond donors (Lipinski definition) is 2. The van der Waals surface area contributed by atoms with Crippen LogP contribution in [0.4, 0.5) is 5.69 Å². The zero-order chi connectivity index (χ0) is 15.2. The van der Waals surface area contributed by atoms with Gasteiger partial charge in [-0.1, -0.05) is 23.8 Å². The van der Waals surface area contributed by atoms with E-state index < -0.39 is 11.3 Å². The van der Waals surface area contributed by atoms with Crippen molar-refractivity contribution in [2.24, 2.45) is 0 Å². The molecular formula is C13H12ClN2O3S2-. The van der Waals surface area contributed by atoms with Crippen LogP contribution in [0.3, 0.4) is 0 Å². The van der Waals surface area contributed by atoms with Gasteiger partial charge in [0.2, 0.25) is 0 Å². The average Bonchev–Trinajstić information content (AvgIpc) is 2.95. The Labute approximate surface area is 135 Å². The van der Waals surface area contributed by atoms with Crippen LogP contribution in [0.15, 0.2) is 34.9 Å². The van der Waals surface area contributed by atoms with Crippen LogP contribution in [0, 0.1) is 0 Å². The van der Waals surface area contributed by atoms with Gasteiger partial charge in [0.25, 0.3) is 0 Å². The quantitative estimate of drug-likeness (QED) is 0.597. The second-order valence-electron chi connectivity index (χ2n) is 4.18. The molecule has 0 aliphatic rings. The van der Waals surface area contributed by atoms with Crippen molar-refractivity contribution in [3.05, 3.63) is 52.4 Å². The molecule has 1 aromatic heterocycles. The summed E-state index contributed by atoms with van der Waals surface area (Å²) in [6.07, 6.45) is 1.60. The Morgan fingerprint density at radius 3 is 2.86 bits per heavy atom. The number of thiocarbonyl (C=S) groups is 1. The van der Waals surface area contributed by atoms with Crippen molar-refractivity contribution in [3.8, 4) is 0 Å². The standard InChI is InChI=1S/C13H13ClN2O3S2/c14-13-10(6-15-7-11-2-1-3-19-11)4-9(8-20)5-12(13)16-21(17)18/h1-5,8,15-16H,6-7H2,(H,17,18)/p-1. The van der Waals surface area contributed by atoms with Gasteiger partial charge in [-0.05, 0) is 35.4 Å². The van der Waals surface area contributed by atoms with Crippen LogP contribution in [-0.4, -0.2) is 14.1 Å². The Balaban J connectivity index is 2.13. The fourth-order valence-electron chi connectivity index (χ4n) is 1.80. The Hall–Kier alpha value is -1.25. The molecule has 21 heavy (non-hydrogen) atoms. The summed E-state index contributed by atoms with van der Waals surface area (Å²) in [5.41, 5.74) is 1.75. The third-order valence-electron chi connectivity index (χ3n) is 2.69. The highest BCUT2D eigenvalue weighted by atomic mass is 35.5. The molecule has 1 atom stereocenters. The first kappa shape index (κ1) is 16.1. The smallest absolute Gasteiger partial charge is 0.117 e. The molecule has 2 aromatic rings. The highest BCUT2D eigenvalue weighted by Gasteiger charge is 2.09. The van der Waals surface area contributed by atoms with Gasteiger partial charge in [0.1, 0.15) is 5.76 Å². The van der Waals surface area contributed by atoms with Crippen LogP contribution >= 0.6 is 23.8 Å². The van der Waals surface area contributed by atoms with Crippen LogP contribution in [0.5, 0.6) is 0 Å². The molecule has 0 fully saturated rings. The highest BCUT2D eigenvalue weighted by Crippen LogP contribution is 2.28. The van der Waals surface area contributed by atoms with Crippen molar-refractivity contribution in [2.45, 2.75) is 13.1 Å². The molecule has 0 radical (unpaired) electrons. The van der Waals surface area contributed by atoms with Crippen LogP contribution < -0.4 is 10.0 Å². The van der Waals surface area contributed by atoms with Gasteiger partial charge in [0, 0.05) is 23.2 Å². The Bertz CT molecular complexity index is 647. The minimum Gasteiger partial charge on any atom is -0.755 e. The summed E-state index contributed by atoms with van der Waals surface area (Å²) in [5.74, 6) is 0.802. The fourth-order valence-corrected chi connectivity index (χ4v) is 2.56. The van der Waals surface area contributed by atoms with E-state index in [-0.39, 0.29) is 0 Å². The summed E-state index contributed by atoms with van der Waals surface area (Å²) in [5, 5.41) is 4.97. The lowest BCUT2D eigenvalue weighted by atomic mass is 10.1. The van der Waals surface area contributed by atoms with Gasteiger partial charge in [-0.15, -0.1) is 0 Å². The average molecular weight is 344 g/mol. The summed E-state index contributed by atoms with van der Waals surface area (Å²) in [6.45, 7) is 0.998. The minimum atomic E-state index is -2.44. The maximum atomic E-state index is 10.8. The van der Waals surface area contributed by atoms with Gasteiger partial charge in [-0.2, -0.15) is 0 Å². The van der Waals surface area contributed by atoms with Crippen LogP contribution in [-0.2, 0) is 24.4 Å². The highest BCUT2D eigenvalue weighted by molar-refractivity contribution is 7.80. The first-order valence-corrected chi connectivity index (χ1v) is 7.89. The van der Waals surface area contributed by atoms with E-state index in [0.29, 0.717) is 29.4 Å². The van der Waals surface area contributed by atoms with E-state index in [4.69, 9.17) is 28.2 Å². The summed E-state index contributed by atoms with van der Waals surface area (Å²) < 4.78 is 29.0. The van der Waals surface area contributed by atoms with Crippen molar-refractivity contribution in [3.63, 3.8) is 0 Å². The number of hydrogen-bond acceptors (Lipinski definition) is 5. The van der Waals surface area contributed by atoms with Gasteiger partial charge >= 0.3 is 0 Å². The zero-order valence-corrected chi connectivity index (χ0v) is 13.2. The van der Waals surface area contributed by atoms with E-state index in [1.807, 2.05) is 18.2 Å². The molecule has 1 heterocycles. The number of benzene rings is 1. The molecule has 0 aliphatic carbocycles. The third kappa shape index (κ3) is 4.62. The number of nitrogens with one attached hydrogen (secondary N) is 2. The maximum absolute atomic E-state index is 10.8. The molecule has 2 rings (SSSR count). The van der Waals surface area contributed by atoms with Gasteiger partial charge in [-0.3, -0.25) is 4.21 Å². The molecule has 0 spiro atoms. The number of rotatable bonds is 7. The molecule has 0 saturated heterocycles. The minimum absolute atomic E-state index is 0.304. The first-order chi connectivity index (χ1) is 10.1. The van der Waals surface area contributed by atoms with Crippen LogP contribution in [0.25, 0.3) is 0 Å². The van der Waals surface area contributed by atoms with E-state index in [2.05, 4.69) is 10.0 Å². The van der Waals surface area contributed by atoms with E-state index >= 15 is 0 Å². The predicted molar refractivity (Wildman–Crippen MR) is 86.0 cm³/mol. The summed E-state index contributed by atoms with van der Waals surface area (Å²) >= 11 is 8.64. The molecule has 0 aliphatic heterocycles. The molecule has 112 valence electrons. The Morgan fingerprint density at radius 2 is 2.24 bits per heavy atom. The van der Waals surface area contributed by atoms with E-state index in [0.717, 1.165) is 11.3 Å². The molecule has 5 nitrogen and oxygen atoms in total. The molecule has 1 aromatic carbocycles. The van der Waals surface area contributed by atoms with Crippen molar-refractivity contribution in [1.29, 1.82) is 0 Å². The second-order valence-corrected chi connectivity index (χ2v) is 5.47. The van der Waals surface area contributed by atoms with Crippen LogP contribution in [0.2, 0.25) is 5.02 Å². The van der Waals surface area contributed by atoms with E-state index in [1.54, 1.807) is 12.3 Å². The van der Waals surface area contributed by atoms with Crippen LogP contribution in [0.1, 0.15) is 16.9 Å². The molecule has 2 N–H and O–H groups in total. The number of furan rings is 1. The molecule has 1 unspecified atom stereocenters. The van der Waals surface area contributed by atoms with Gasteiger partial charge in [0.05, 0.1) is 23.5 Å². The molecular weight excluding hydrogens is 332 g/mol. The monoisotopic (exact) mass is 343 g/mol. The topological polar surface area (TPSA) is 77.3 Å². The number of halogens is 1. The van der Waals surface area contributed by atoms with Gasteiger partial charge < -0.3 is 19.0 Å². The van der Waals surface area contributed by atoms with Crippen molar-refractivity contribution >= 4 is 46.1 Å². The van der Waals surface area contributed by atoms with Gasteiger partial charge in [0.15, 0.2) is 0 Å². The van der Waals surface area contributed by atoms with Gasteiger partial charge in [-0.25, -0.2) is 0 Å². The largest absolute Gasteiger partial charge is 0.755 e. The lowest BCUT2D eigenvalue weighted by molar-refractivity contribution is 0.483. The SMILES string of the molecule is O=S([O-])Nc1cc(C=S)cc(CNCc2ccco2)c1Cl. The van der Waals surface area contributed by atoms with Crippen molar-refractivity contribution < 1.29 is 13.2 Å². The lowest BCUT2D eigenvalue weighted by Crippen LogP contribution is -2.13. The summed E-state index contributed by atoms with van der Waals surface area (Å²) in [4.78, 5) is 0. The molecule has 0 saturated carbocycles. The van der Waals surface area contributed by atoms with E-state index in [9.17, 15) is 8.76 Å². The number of anilines is 1. The Kier molecular flexibility index (Phi) is 5.89. The Morgan fingerprint density at radius 1 is 1.43 bits per heavy atom. The first-order valence-electron chi connectivity index (χ1n) is 5.96. The predicted octanol–water partition coefficient (Wildman–Crippen LogP) is 2.78. The zero-order valence-electron chi connectivity index (χ0n) is 10.8. The normalized spacial score (nSPS) is 12.1. The molecule has 0 bridgehead atoms. The molecule has 0 amide bonds. The fraction of sp³-hybridized carbons (Fsp3) is 0.154. The van der Waals surface area contributed by atoms with Crippen molar-refractivity contribution in [1.82, 2.24) is 5.32 Å². The van der Waals surface area contributed by atoms with E-state index in [1.165, 1.54) is 5.37 Å². The summed E-state index contributed by atoms with van der Waals surface area (Å²) in [6, 6.07) is 7.06. The lowest BCUT2D eigenvalue weighted by Gasteiger charge is -2.15. The maximum Gasteiger partial charge on any atom is 0.117 e.